The van der Waals surface area contributed by atoms with Crippen LogP contribution in [0.1, 0.15) is 31.4 Å². The summed E-state index contributed by atoms with van der Waals surface area (Å²) >= 11 is 0. The van der Waals surface area contributed by atoms with Crippen molar-refractivity contribution in [2.75, 3.05) is 13.7 Å². The molecule has 1 aromatic carbocycles. The van der Waals surface area contributed by atoms with Gasteiger partial charge in [-0.15, -0.1) is 0 Å². The van der Waals surface area contributed by atoms with Crippen molar-refractivity contribution in [3.05, 3.63) is 29.3 Å². The van der Waals surface area contributed by atoms with Crippen LogP contribution in [0.5, 0.6) is 5.75 Å². The van der Waals surface area contributed by atoms with Crippen molar-refractivity contribution in [2.45, 2.75) is 32.6 Å². The fourth-order valence-electron chi connectivity index (χ4n) is 1.72. The summed E-state index contributed by atoms with van der Waals surface area (Å²) in [6.45, 7) is 6.55. The van der Waals surface area contributed by atoms with E-state index >= 15 is 0 Å². The Balaban J connectivity index is 3.01. The predicted molar refractivity (Wildman–Crippen MR) is 62.5 cm³/mol. The van der Waals surface area contributed by atoms with Gasteiger partial charge in [-0.1, -0.05) is 26.0 Å². The normalized spacial score (nSPS) is 11.5. The first kappa shape index (κ1) is 12.1. The Hall–Kier alpha value is -1.02. The van der Waals surface area contributed by atoms with Gasteiger partial charge in [0.15, 0.2) is 0 Å². The quantitative estimate of drug-likeness (QED) is 0.824. The van der Waals surface area contributed by atoms with E-state index in [1.165, 1.54) is 5.56 Å². The van der Waals surface area contributed by atoms with Gasteiger partial charge in [0.2, 0.25) is 0 Å². The lowest BCUT2D eigenvalue weighted by atomic mass is 9.81. The Morgan fingerprint density at radius 2 is 2.00 bits per heavy atom. The smallest absolute Gasteiger partial charge is 0.121 e. The number of aryl methyl sites for hydroxylation is 1. The number of benzene rings is 1. The van der Waals surface area contributed by atoms with Crippen LogP contribution in [0.2, 0.25) is 0 Å². The zero-order valence-electron chi connectivity index (χ0n) is 10.0. The minimum absolute atomic E-state index is 0.0196. The zero-order chi connectivity index (χ0) is 11.5. The molecule has 0 aromatic heterocycles. The number of methoxy groups -OCH3 is 1. The number of aliphatic hydroxyl groups is 1. The molecule has 0 atom stereocenters. The van der Waals surface area contributed by atoms with Crippen LogP contribution in [0.15, 0.2) is 18.2 Å². The van der Waals surface area contributed by atoms with Gasteiger partial charge >= 0.3 is 0 Å². The predicted octanol–water partition coefficient (Wildman–Crippen LogP) is 2.66. The van der Waals surface area contributed by atoms with Crippen molar-refractivity contribution in [1.82, 2.24) is 0 Å². The van der Waals surface area contributed by atoms with Crippen LogP contribution in [-0.2, 0) is 5.41 Å². The lowest BCUT2D eigenvalue weighted by Gasteiger charge is -2.25. The first-order valence-electron chi connectivity index (χ1n) is 5.27. The van der Waals surface area contributed by atoms with Crippen LogP contribution < -0.4 is 4.74 Å². The van der Waals surface area contributed by atoms with E-state index in [9.17, 15) is 0 Å². The maximum Gasteiger partial charge on any atom is 0.121 e. The molecule has 0 saturated heterocycles. The molecule has 0 saturated carbocycles. The number of aliphatic hydroxyl groups excluding tert-OH is 1. The standard InChI is InChI=1S/C13H20O2/c1-10-9-11(5-6-12(10)15-4)13(2,3)7-8-14/h5-6,9,14H,7-8H2,1-4H3. The largest absolute Gasteiger partial charge is 0.496 e. The Morgan fingerprint density at radius 3 is 2.47 bits per heavy atom. The topological polar surface area (TPSA) is 29.5 Å². The summed E-state index contributed by atoms with van der Waals surface area (Å²) in [6.07, 6.45) is 0.777. The van der Waals surface area contributed by atoms with E-state index in [-0.39, 0.29) is 12.0 Å². The van der Waals surface area contributed by atoms with E-state index in [4.69, 9.17) is 9.84 Å². The molecule has 0 amide bonds. The average molecular weight is 208 g/mol. The molecular formula is C13H20O2. The Bertz CT molecular complexity index is 329. The molecule has 84 valence electrons. The minimum Gasteiger partial charge on any atom is -0.496 e. The molecule has 0 aliphatic carbocycles. The Kier molecular flexibility index (Phi) is 3.75. The van der Waals surface area contributed by atoms with Crippen LogP contribution >= 0.6 is 0 Å². The third-order valence-electron chi connectivity index (χ3n) is 2.91. The van der Waals surface area contributed by atoms with E-state index in [0.29, 0.717) is 0 Å². The fraction of sp³-hybridized carbons (Fsp3) is 0.538. The first-order valence-corrected chi connectivity index (χ1v) is 5.27. The van der Waals surface area contributed by atoms with Crippen molar-refractivity contribution in [1.29, 1.82) is 0 Å². The molecule has 0 radical (unpaired) electrons. The Labute approximate surface area is 91.9 Å². The maximum atomic E-state index is 9.01. The van der Waals surface area contributed by atoms with Gasteiger partial charge in [-0.2, -0.15) is 0 Å². The molecule has 0 aliphatic rings. The minimum atomic E-state index is 0.0196. The van der Waals surface area contributed by atoms with Gasteiger partial charge in [0.25, 0.3) is 0 Å². The number of hydrogen-bond donors (Lipinski definition) is 1. The third-order valence-corrected chi connectivity index (χ3v) is 2.91. The molecule has 1 rings (SSSR count). The lowest BCUT2D eigenvalue weighted by Crippen LogP contribution is -2.18. The SMILES string of the molecule is COc1ccc(C(C)(C)CCO)cc1C. The summed E-state index contributed by atoms with van der Waals surface area (Å²) in [4.78, 5) is 0. The van der Waals surface area contributed by atoms with Crippen molar-refractivity contribution in [3.63, 3.8) is 0 Å². The highest BCUT2D eigenvalue weighted by Gasteiger charge is 2.20. The third kappa shape index (κ3) is 2.72. The van der Waals surface area contributed by atoms with Crippen LogP contribution in [-0.4, -0.2) is 18.8 Å². The monoisotopic (exact) mass is 208 g/mol. The maximum absolute atomic E-state index is 9.01. The second-order valence-corrected chi connectivity index (χ2v) is 4.54. The van der Waals surface area contributed by atoms with Gasteiger partial charge in [0.1, 0.15) is 5.75 Å². The molecule has 0 bridgehead atoms. The molecule has 0 aliphatic heterocycles. The molecule has 1 N–H and O–H groups in total. The molecule has 0 fully saturated rings. The van der Waals surface area contributed by atoms with E-state index in [1.807, 2.05) is 13.0 Å². The molecule has 0 unspecified atom stereocenters. The van der Waals surface area contributed by atoms with E-state index in [1.54, 1.807) is 7.11 Å². The summed E-state index contributed by atoms with van der Waals surface area (Å²) in [7, 11) is 1.68. The molecular weight excluding hydrogens is 188 g/mol. The molecule has 2 nitrogen and oxygen atoms in total. The molecule has 2 heteroatoms. The van der Waals surface area contributed by atoms with E-state index in [2.05, 4.69) is 26.0 Å². The van der Waals surface area contributed by atoms with Crippen molar-refractivity contribution in [3.8, 4) is 5.75 Å². The van der Waals surface area contributed by atoms with Gasteiger partial charge in [-0.25, -0.2) is 0 Å². The molecule has 0 spiro atoms. The highest BCUT2D eigenvalue weighted by Crippen LogP contribution is 2.30. The van der Waals surface area contributed by atoms with Crippen molar-refractivity contribution >= 4 is 0 Å². The van der Waals surface area contributed by atoms with Gasteiger partial charge in [-0.3, -0.25) is 0 Å². The van der Waals surface area contributed by atoms with E-state index < -0.39 is 0 Å². The second kappa shape index (κ2) is 4.67. The number of rotatable bonds is 4. The van der Waals surface area contributed by atoms with Crippen LogP contribution in [0.4, 0.5) is 0 Å². The summed E-state index contributed by atoms with van der Waals surface area (Å²) in [6, 6.07) is 6.19. The molecule has 1 aromatic rings. The van der Waals surface area contributed by atoms with E-state index in [0.717, 1.165) is 17.7 Å². The van der Waals surface area contributed by atoms with Gasteiger partial charge in [0, 0.05) is 6.61 Å². The van der Waals surface area contributed by atoms with Gasteiger partial charge in [-0.05, 0) is 36.0 Å². The van der Waals surface area contributed by atoms with Crippen LogP contribution in [0, 0.1) is 6.92 Å². The highest BCUT2D eigenvalue weighted by atomic mass is 16.5. The summed E-state index contributed by atoms with van der Waals surface area (Å²) in [5, 5.41) is 9.01. The number of hydrogen-bond acceptors (Lipinski definition) is 2. The fourth-order valence-corrected chi connectivity index (χ4v) is 1.72. The van der Waals surface area contributed by atoms with Crippen LogP contribution in [0.25, 0.3) is 0 Å². The zero-order valence-corrected chi connectivity index (χ0v) is 10.0. The van der Waals surface area contributed by atoms with Crippen molar-refractivity contribution < 1.29 is 9.84 Å². The lowest BCUT2D eigenvalue weighted by molar-refractivity contribution is 0.252. The average Bonchev–Trinajstić information content (AvgIpc) is 2.17. The summed E-state index contributed by atoms with van der Waals surface area (Å²) in [5.41, 5.74) is 2.40. The summed E-state index contributed by atoms with van der Waals surface area (Å²) < 4.78 is 5.22. The first-order chi connectivity index (χ1) is 7.01. The Morgan fingerprint density at radius 1 is 1.33 bits per heavy atom. The van der Waals surface area contributed by atoms with Gasteiger partial charge < -0.3 is 9.84 Å². The second-order valence-electron chi connectivity index (χ2n) is 4.54. The van der Waals surface area contributed by atoms with Crippen molar-refractivity contribution in [2.24, 2.45) is 0 Å². The number of ether oxygens (including phenoxy) is 1. The van der Waals surface area contributed by atoms with Crippen LogP contribution in [0.3, 0.4) is 0 Å². The highest BCUT2D eigenvalue weighted by molar-refractivity contribution is 5.38. The molecule has 0 heterocycles. The molecule has 15 heavy (non-hydrogen) atoms. The summed E-state index contributed by atoms with van der Waals surface area (Å²) in [5.74, 6) is 0.915. The van der Waals surface area contributed by atoms with Gasteiger partial charge in [0.05, 0.1) is 7.11 Å².